The van der Waals surface area contributed by atoms with E-state index in [9.17, 15) is 13.2 Å². The molecule has 0 N–H and O–H groups in total. The molecular weight excluding hydrogens is 385 g/mol. The Morgan fingerprint density at radius 2 is 1.17 bits per heavy atom. The van der Waals surface area contributed by atoms with E-state index in [-0.39, 0.29) is 5.52 Å². The standard InChI is InChI=1S/C25H15F3N2/c26-25(27,28)22-15-21(17-9-5-2-6-10-17)20-12-11-19-18(16-7-3-1-4-8-16)13-14-29-23(19)24(20)30-22/h1-15H. The topological polar surface area (TPSA) is 25.8 Å². The number of aromatic nitrogens is 2. The average molecular weight is 400 g/mol. The molecule has 0 atom stereocenters. The third-order valence-corrected chi connectivity index (χ3v) is 5.15. The van der Waals surface area contributed by atoms with Crippen LogP contribution in [0.15, 0.2) is 91.1 Å². The van der Waals surface area contributed by atoms with Gasteiger partial charge in [-0.05, 0) is 34.4 Å². The monoisotopic (exact) mass is 400 g/mol. The Labute approximate surface area is 170 Å². The van der Waals surface area contributed by atoms with E-state index in [1.54, 1.807) is 18.3 Å². The van der Waals surface area contributed by atoms with Crippen molar-refractivity contribution in [1.29, 1.82) is 0 Å². The van der Waals surface area contributed by atoms with Crippen molar-refractivity contribution < 1.29 is 13.2 Å². The van der Waals surface area contributed by atoms with Crippen LogP contribution in [0.5, 0.6) is 0 Å². The predicted octanol–water partition coefficient (Wildman–Crippen LogP) is 7.14. The second kappa shape index (κ2) is 6.95. The van der Waals surface area contributed by atoms with Gasteiger partial charge in [0.05, 0.1) is 11.0 Å². The van der Waals surface area contributed by atoms with Gasteiger partial charge in [-0.25, -0.2) is 4.98 Å². The van der Waals surface area contributed by atoms with Gasteiger partial charge in [-0.2, -0.15) is 13.2 Å². The Balaban J connectivity index is 1.89. The van der Waals surface area contributed by atoms with Crippen molar-refractivity contribution in [2.24, 2.45) is 0 Å². The fourth-order valence-corrected chi connectivity index (χ4v) is 3.77. The summed E-state index contributed by atoms with van der Waals surface area (Å²) >= 11 is 0. The quantitative estimate of drug-likeness (QED) is 0.294. The van der Waals surface area contributed by atoms with Crippen LogP contribution in [-0.2, 0) is 6.18 Å². The first kappa shape index (κ1) is 18.3. The molecule has 146 valence electrons. The van der Waals surface area contributed by atoms with Crippen molar-refractivity contribution in [3.05, 3.63) is 96.8 Å². The third kappa shape index (κ3) is 3.08. The van der Waals surface area contributed by atoms with E-state index in [4.69, 9.17) is 0 Å². The number of halogens is 3. The maximum atomic E-state index is 13.7. The molecule has 0 radical (unpaired) electrons. The molecule has 3 aromatic carbocycles. The van der Waals surface area contributed by atoms with E-state index in [1.165, 1.54) is 0 Å². The van der Waals surface area contributed by atoms with Gasteiger partial charge in [-0.15, -0.1) is 0 Å². The summed E-state index contributed by atoms with van der Waals surface area (Å²) in [5.74, 6) is 0. The van der Waals surface area contributed by atoms with E-state index in [2.05, 4.69) is 9.97 Å². The lowest BCUT2D eigenvalue weighted by molar-refractivity contribution is -0.140. The third-order valence-electron chi connectivity index (χ3n) is 5.15. The average Bonchev–Trinajstić information content (AvgIpc) is 2.78. The molecule has 0 unspecified atom stereocenters. The molecule has 2 nitrogen and oxygen atoms in total. The number of hydrogen-bond donors (Lipinski definition) is 0. The van der Waals surface area contributed by atoms with Crippen LogP contribution in [0.3, 0.4) is 0 Å². The number of alkyl halides is 3. The van der Waals surface area contributed by atoms with Gasteiger partial charge in [-0.3, -0.25) is 4.98 Å². The number of rotatable bonds is 2. The summed E-state index contributed by atoms with van der Waals surface area (Å²) in [7, 11) is 0. The zero-order valence-corrected chi connectivity index (χ0v) is 15.7. The molecule has 0 bridgehead atoms. The Bertz CT molecular complexity index is 1360. The molecule has 0 aliphatic heterocycles. The summed E-state index contributed by atoms with van der Waals surface area (Å²) < 4.78 is 41.0. The normalized spacial score (nSPS) is 11.8. The zero-order valence-electron chi connectivity index (χ0n) is 15.7. The molecule has 0 amide bonds. The van der Waals surface area contributed by atoms with Gasteiger partial charge in [0.1, 0.15) is 5.69 Å². The van der Waals surface area contributed by atoms with Crippen molar-refractivity contribution in [3.63, 3.8) is 0 Å². The fraction of sp³-hybridized carbons (Fsp3) is 0.0400. The van der Waals surface area contributed by atoms with Crippen LogP contribution in [0, 0.1) is 0 Å². The van der Waals surface area contributed by atoms with E-state index in [1.807, 2.05) is 66.7 Å². The minimum atomic E-state index is -4.56. The minimum Gasteiger partial charge on any atom is -0.254 e. The van der Waals surface area contributed by atoms with Crippen molar-refractivity contribution in [2.75, 3.05) is 0 Å². The highest BCUT2D eigenvalue weighted by Gasteiger charge is 2.34. The molecular formula is C25H15F3N2. The second-order valence-corrected chi connectivity index (χ2v) is 7.00. The molecule has 5 rings (SSSR count). The Morgan fingerprint density at radius 3 is 1.77 bits per heavy atom. The van der Waals surface area contributed by atoms with Crippen LogP contribution in [0.4, 0.5) is 13.2 Å². The molecule has 30 heavy (non-hydrogen) atoms. The van der Waals surface area contributed by atoms with Gasteiger partial charge in [0.15, 0.2) is 0 Å². The van der Waals surface area contributed by atoms with Gasteiger partial charge in [0.2, 0.25) is 0 Å². The Hall–Kier alpha value is -3.73. The lowest BCUT2D eigenvalue weighted by atomic mass is 9.96. The minimum absolute atomic E-state index is 0.249. The van der Waals surface area contributed by atoms with Crippen LogP contribution in [0.1, 0.15) is 5.69 Å². The van der Waals surface area contributed by atoms with Gasteiger partial charge >= 0.3 is 6.18 Å². The molecule has 2 aromatic heterocycles. The molecule has 5 heteroatoms. The largest absolute Gasteiger partial charge is 0.433 e. The zero-order chi connectivity index (χ0) is 20.7. The molecule has 0 saturated heterocycles. The van der Waals surface area contributed by atoms with Crippen molar-refractivity contribution >= 4 is 21.8 Å². The molecule has 5 aromatic rings. The van der Waals surface area contributed by atoms with E-state index in [0.29, 0.717) is 22.0 Å². The molecule has 0 aliphatic carbocycles. The van der Waals surface area contributed by atoms with E-state index >= 15 is 0 Å². The fourth-order valence-electron chi connectivity index (χ4n) is 3.77. The predicted molar refractivity (Wildman–Crippen MR) is 113 cm³/mol. The highest BCUT2D eigenvalue weighted by Crippen LogP contribution is 2.38. The lowest BCUT2D eigenvalue weighted by Gasteiger charge is -2.14. The smallest absolute Gasteiger partial charge is 0.254 e. The van der Waals surface area contributed by atoms with E-state index < -0.39 is 11.9 Å². The highest BCUT2D eigenvalue weighted by molar-refractivity contribution is 6.11. The van der Waals surface area contributed by atoms with Crippen molar-refractivity contribution in [2.45, 2.75) is 6.18 Å². The van der Waals surface area contributed by atoms with Gasteiger partial charge < -0.3 is 0 Å². The van der Waals surface area contributed by atoms with Crippen molar-refractivity contribution in [3.8, 4) is 22.3 Å². The molecule has 0 fully saturated rings. The van der Waals surface area contributed by atoms with Crippen LogP contribution in [-0.4, -0.2) is 9.97 Å². The number of hydrogen-bond acceptors (Lipinski definition) is 2. The SMILES string of the molecule is FC(F)(F)c1cc(-c2ccccc2)c2ccc3c(-c4ccccc4)ccnc3c2n1. The number of fused-ring (bicyclic) bond motifs is 3. The van der Waals surface area contributed by atoms with Gasteiger partial charge in [0.25, 0.3) is 0 Å². The van der Waals surface area contributed by atoms with Gasteiger partial charge in [0, 0.05) is 17.0 Å². The first-order chi connectivity index (χ1) is 14.5. The Kier molecular flexibility index (Phi) is 4.24. The number of nitrogens with zero attached hydrogens (tertiary/aromatic N) is 2. The maximum Gasteiger partial charge on any atom is 0.433 e. The van der Waals surface area contributed by atoms with Crippen LogP contribution >= 0.6 is 0 Å². The molecule has 0 spiro atoms. The number of pyridine rings is 2. The summed E-state index contributed by atoms with van der Waals surface area (Å²) in [4.78, 5) is 8.43. The Morgan fingerprint density at radius 1 is 0.600 bits per heavy atom. The van der Waals surface area contributed by atoms with Crippen LogP contribution in [0.2, 0.25) is 0 Å². The van der Waals surface area contributed by atoms with Gasteiger partial charge in [-0.1, -0.05) is 72.8 Å². The highest BCUT2D eigenvalue weighted by atomic mass is 19.4. The summed E-state index contributed by atoms with van der Waals surface area (Å²) in [5, 5.41) is 1.40. The van der Waals surface area contributed by atoms with Crippen LogP contribution in [0.25, 0.3) is 44.1 Å². The lowest BCUT2D eigenvalue weighted by Crippen LogP contribution is -2.08. The number of benzene rings is 3. The first-order valence-corrected chi connectivity index (χ1v) is 9.43. The summed E-state index contributed by atoms with van der Waals surface area (Å²) in [6, 6.07) is 25.5. The summed E-state index contributed by atoms with van der Waals surface area (Å²) in [6.07, 6.45) is -2.94. The second-order valence-electron chi connectivity index (χ2n) is 7.00. The van der Waals surface area contributed by atoms with E-state index in [0.717, 1.165) is 22.6 Å². The van der Waals surface area contributed by atoms with Crippen LogP contribution < -0.4 is 0 Å². The molecule has 2 heterocycles. The molecule has 0 aliphatic rings. The summed E-state index contributed by atoms with van der Waals surface area (Å²) in [6.45, 7) is 0. The first-order valence-electron chi connectivity index (χ1n) is 9.43. The maximum absolute atomic E-state index is 13.7. The molecule has 0 saturated carbocycles. The summed E-state index contributed by atoms with van der Waals surface area (Å²) in [5.41, 5.74) is 2.85. The van der Waals surface area contributed by atoms with Crippen molar-refractivity contribution in [1.82, 2.24) is 9.97 Å².